The number of hydrogen-bond acceptors (Lipinski definition) is 3. The van der Waals surface area contributed by atoms with Crippen molar-refractivity contribution in [3.63, 3.8) is 0 Å². The minimum absolute atomic E-state index is 0.155. The molecule has 3 N–H and O–H groups in total. The Kier molecular flexibility index (Phi) is 4.01. The second kappa shape index (κ2) is 6.27. The van der Waals surface area contributed by atoms with Crippen LogP contribution in [0.15, 0.2) is 60.7 Å². The summed E-state index contributed by atoms with van der Waals surface area (Å²) in [6.07, 6.45) is 0. The number of fused-ring (bicyclic) bond motifs is 1. The van der Waals surface area contributed by atoms with E-state index >= 15 is 0 Å². The van der Waals surface area contributed by atoms with Crippen molar-refractivity contribution in [2.45, 2.75) is 0 Å². The highest BCUT2D eigenvalue weighted by atomic mass is 16.5. The number of amides is 2. The van der Waals surface area contributed by atoms with E-state index in [4.69, 9.17) is 4.74 Å². The SMILES string of the molecule is COc1ccc(NC(=O)Nc2cccc3ccc(O)cc23)cc1. The number of urea groups is 1. The third-order valence-corrected chi connectivity index (χ3v) is 3.46. The van der Waals surface area contributed by atoms with Crippen molar-refractivity contribution >= 4 is 28.2 Å². The molecular formula is C18H16N2O3. The van der Waals surface area contributed by atoms with Gasteiger partial charge in [-0.05, 0) is 47.9 Å². The second-order valence-electron chi connectivity index (χ2n) is 5.02. The van der Waals surface area contributed by atoms with Crippen molar-refractivity contribution in [3.05, 3.63) is 60.7 Å². The molecule has 0 aliphatic heterocycles. The normalized spacial score (nSPS) is 10.3. The summed E-state index contributed by atoms with van der Waals surface area (Å²) in [5.41, 5.74) is 1.29. The van der Waals surface area contributed by atoms with Crippen LogP contribution in [-0.2, 0) is 0 Å². The summed E-state index contributed by atoms with van der Waals surface area (Å²) >= 11 is 0. The molecule has 0 bridgehead atoms. The van der Waals surface area contributed by atoms with Crippen LogP contribution in [0.5, 0.6) is 11.5 Å². The molecule has 0 atom stereocenters. The molecule has 0 aliphatic rings. The van der Waals surface area contributed by atoms with Crippen LogP contribution in [0.25, 0.3) is 10.8 Å². The molecule has 0 aromatic heterocycles. The Morgan fingerprint density at radius 1 is 1.00 bits per heavy atom. The summed E-state index contributed by atoms with van der Waals surface area (Å²) in [4.78, 5) is 12.1. The maximum Gasteiger partial charge on any atom is 0.323 e. The zero-order chi connectivity index (χ0) is 16.2. The predicted octanol–water partition coefficient (Wildman–Crippen LogP) is 4.20. The number of aromatic hydroxyl groups is 1. The van der Waals surface area contributed by atoms with Gasteiger partial charge in [0.05, 0.1) is 12.8 Å². The van der Waals surface area contributed by atoms with E-state index < -0.39 is 0 Å². The van der Waals surface area contributed by atoms with Crippen LogP contribution in [0.2, 0.25) is 0 Å². The van der Waals surface area contributed by atoms with E-state index in [2.05, 4.69) is 10.6 Å². The maximum atomic E-state index is 12.1. The lowest BCUT2D eigenvalue weighted by atomic mass is 10.1. The molecule has 0 saturated carbocycles. The first kappa shape index (κ1) is 14.7. The van der Waals surface area contributed by atoms with Gasteiger partial charge in [0.2, 0.25) is 0 Å². The molecule has 0 aliphatic carbocycles. The number of phenolic OH excluding ortho intramolecular Hbond substituents is 1. The summed E-state index contributed by atoms with van der Waals surface area (Å²) in [7, 11) is 1.59. The zero-order valence-electron chi connectivity index (χ0n) is 12.5. The number of benzene rings is 3. The molecule has 0 fully saturated rings. The van der Waals surface area contributed by atoms with Crippen molar-refractivity contribution in [1.29, 1.82) is 0 Å². The van der Waals surface area contributed by atoms with Crippen molar-refractivity contribution in [3.8, 4) is 11.5 Å². The Bertz CT molecular complexity index is 845. The summed E-state index contributed by atoms with van der Waals surface area (Å²) in [5, 5.41) is 16.9. The first-order valence-corrected chi connectivity index (χ1v) is 7.09. The Labute approximate surface area is 133 Å². The Morgan fingerprint density at radius 3 is 2.52 bits per heavy atom. The number of methoxy groups -OCH3 is 1. The van der Waals surface area contributed by atoms with Crippen molar-refractivity contribution in [2.75, 3.05) is 17.7 Å². The highest BCUT2D eigenvalue weighted by molar-refractivity contribution is 6.06. The van der Waals surface area contributed by atoms with Gasteiger partial charge in [0, 0.05) is 11.1 Å². The fourth-order valence-electron chi connectivity index (χ4n) is 2.33. The van der Waals surface area contributed by atoms with Crippen molar-refractivity contribution in [1.82, 2.24) is 0 Å². The molecule has 0 radical (unpaired) electrons. The zero-order valence-corrected chi connectivity index (χ0v) is 12.5. The minimum Gasteiger partial charge on any atom is -0.508 e. The highest BCUT2D eigenvalue weighted by Crippen LogP contribution is 2.27. The Morgan fingerprint density at radius 2 is 1.78 bits per heavy atom. The molecule has 3 aromatic rings. The van der Waals surface area contributed by atoms with Crippen LogP contribution in [0.1, 0.15) is 0 Å². The molecule has 0 heterocycles. The molecule has 0 saturated heterocycles. The minimum atomic E-state index is -0.356. The molecule has 116 valence electrons. The molecular weight excluding hydrogens is 292 g/mol. The maximum absolute atomic E-state index is 12.1. The Balaban J connectivity index is 1.78. The molecule has 2 amide bonds. The Hall–Kier alpha value is -3.21. The van der Waals surface area contributed by atoms with Gasteiger partial charge < -0.3 is 20.5 Å². The van der Waals surface area contributed by atoms with Crippen molar-refractivity contribution in [2.24, 2.45) is 0 Å². The van der Waals surface area contributed by atoms with Gasteiger partial charge in [-0.2, -0.15) is 0 Å². The number of carbonyl (C=O) groups excluding carboxylic acids is 1. The topological polar surface area (TPSA) is 70.6 Å². The van der Waals surface area contributed by atoms with E-state index in [9.17, 15) is 9.90 Å². The number of phenols is 1. The molecule has 3 rings (SSSR count). The van der Waals surface area contributed by atoms with Gasteiger partial charge in [0.25, 0.3) is 0 Å². The molecule has 5 nitrogen and oxygen atoms in total. The second-order valence-corrected chi connectivity index (χ2v) is 5.02. The van der Waals surface area contributed by atoms with Gasteiger partial charge in [-0.15, -0.1) is 0 Å². The smallest absolute Gasteiger partial charge is 0.323 e. The third kappa shape index (κ3) is 3.35. The molecule has 0 spiro atoms. The largest absolute Gasteiger partial charge is 0.508 e. The number of rotatable bonds is 3. The van der Waals surface area contributed by atoms with Crippen LogP contribution in [-0.4, -0.2) is 18.2 Å². The van der Waals surface area contributed by atoms with Gasteiger partial charge in [0.1, 0.15) is 11.5 Å². The summed E-state index contributed by atoms with van der Waals surface area (Å²) < 4.78 is 5.08. The fourth-order valence-corrected chi connectivity index (χ4v) is 2.33. The number of anilines is 2. The van der Waals surface area contributed by atoms with Gasteiger partial charge in [-0.1, -0.05) is 18.2 Å². The number of nitrogens with one attached hydrogen (secondary N) is 2. The van der Waals surface area contributed by atoms with E-state index in [1.807, 2.05) is 12.1 Å². The van der Waals surface area contributed by atoms with E-state index in [0.29, 0.717) is 11.4 Å². The predicted molar refractivity (Wildman–Crippen MR) is 91.2 cm³/mol. The lowest BCUT2D eigenvalue weighted by molar-refractivity contribution is 0.262. The van der Waals surface area contributed by atoms with Crippen molar-refractivity contribution < 1.29 is 14.6 Å². The molecule has 0 unspecified atom stereocenters. The van der Waals surface area contributed by atoms with Gasteiger partial charge >= 0.3 is 6.03 Å². The summed E-state index contributed by atoms with van der Waals surface area (Å²) in [5.74, 6) is 0.878. The van der Waals surface area contributed by atoms with E-state index in [-0.39, 0.29) is 11.8 Å². The average Bonchev–Trinajstić information content (AvgIpc) is 2.56. The summed E-state index contributed by atoms with van der Waals surface area (Å²) in [6.45, 7) is 0. The molecule has 3 aromatic carbocycles. The van der Waals surface area contributed by atoms with Crippen LogP contribution in [0.4, 0.5) is 16.2 Å². The van der Waals surface area contributed by atoms with E-state index in [1.54, 1.807) is 55.6 Å². The van der Waals surface area contributed by atoms with Gasteiger partial charge in [-0.3, -0.25) is 0 Å². The number of hydrogen-bond donors (Lipinski definition) is 3. The number of carbonyl (C=O) groups is 1. The molecule has 5 heteroatoms. The monoisotopic (exact) mass is 308 g/mol. The quantitative estimate of drug-likeness (QED) is 0.679. The highest BCUT2D eigenvalue weighted by Gasteiger charge is 2.07. The first-order chi connectivity index (χ1) is 11.2. The van der Waals surface area contributed by atoms with Gasteiger partial charge in [0.15, 0.2) is 0 Å². The third-order valence-electron chi connectivity index (χ3n) is 3.46. The van der Waals surface area contributed by atoms with Crippen LogP contribution < -0.4 is 15.4 Å². The average molecular weight is 308 g/mol. The standard InChI is InChI=1S/C18H16N2O3/c1-23-15-9-6-13(7-10-15)19-18(22)20-17-4-2-3-12-5-8-14(21)11-16(12)17/h2-11,21H,1H3,(H2,19,20,22). The van der Waals surface area contributed by atoms with Crippen LogP contribution in [0, 0.1) is 0 Å². The fraction of sp³-hybridized carbons (Fsp3) is 0.0556. The van der Waals surface area contributed by atoms with E-state index in [0.717, 1.165) is 16.5 Å². The summed E-state index contributed by atoms with van der Waals surface area (Å²) in [6, 6.07) is 17.3. The first-order valence-electron chi connectivity index (χ1n) is 7.09. The molecule has 23 heavy (non-hydrogen) atoms. The van der Waals surface area contributed by atoms with E-state index in [1.165, 1.54) is 0 Å². The lowest BCUT2D eigenvalue weighted by Crippen LogP contribution is -2.19. The van der Waals surface area contributed by atoms with Crippen LogP contribution >= 0.6 is 0 Å². The van der Waals surface area contributed by atoms with Gasteiger partial charge in [-0.25, -0.2) is 4.79 Å². The van der Waals surface area contributed by atoms with Crippen LogP contribution in [0.3, 0.4) is 0 Å². The number of ether oxygens (including phenoxy) is 1. The lowest BCUT2D eigenvalue weighted by Gasteiger charge is -2.11.